The summed E-state index contributed by atoms with van der Waals surface area (Å²) in [6.07, 6.45) is 3.24. The summed E-state index contributed by atoms with van der Waals surface area (Å²) < 4.78 is 5.83. The molecule has 0 aliphatic rings. The van der Waals surface area contributed by atoms with Crippen molar-refractivity contribution in [3.63, 3.8) is 0 Å². The number of aromatic nitrogens is 1. The van der Waals surface area contributed by atoms with Crippen LogP contribution in [0.5, 0.6) is 5.75 Å². The number of carbonyl (C=O) groups excluding carboxylic acids is 1. The molecule has 0 amide bonds. The molecule has 0 aliphatic carbocycles. The predicted octanol–water partition coefficient (Wildman–Crippen LogP) is 5.43. The monoisotopic (exact) mass is 361 g/mol. The highest BCUT2D eigenvalue weighted by Crippen LogP contribution is 2.27. The molecule has 0 saturated carbocycles. The lowest BCUT2D eigenvalue weighted by molar-refractivity contribution is 0.105. The third kappa shape index (κ3) is 3.88. The van der Waals surface area contributed by atoms with E-state index in [1.54, 1.807) is 25.3 Å². The van der Waals surface area contributed by atoms with Crippen LogP contribution in [0.15, 0.2) is 47.9 Å². The van der Waals surface area contributed by atoms with Crippen molar-refractivity contribution in [2.75, 3.05) is 7.11 Å². The van der Waals surface area contributed by atoms with Crippen LogP contribution in [-0.4, -0.2) is 17.9 Å². The maximum Gasteiger partial charge on any atom is 0.195 e. The zero-order chi connectivity index (χ0) is 16.2. The summed E-state index contributed by atoms with van der Waals surface area (Å²) in [7, 11) is 1.64. The molecule has 2 heterocycles. The number of halogens is 1. The van der Waals surface area contributed by atoms with Crippen molar-refractivity contribution in [3.8, 4) is 16.3 Å². The Morgan fingerprint density at radius 2 is 2.17 bits per heavy atom. The van der Waals surface area contributed by atoms with Gasteiger partial charge in [0.05, 0.1) is 22.0 Å². The van der Waals surface area contributed by atoms with E-state index in [1.165, 1.54) is 28.7 Å². The molecule has 3 aromatic rings. The lowest BCUT2D eigenvalue weighted by Gasteiger charge is -2.00. The fraction of sp³-hybridized carbons (Fsp3) is 0.0588. The number of rotatable bonds is 5. The Labute approximate surface area is 146 Å². The van der Waals surface area contributed by atoms with Gasteiger partial charge in [0, 0.05) is 10.9 Å². The zero-order valence-corrected chi connectivity index (χ0v) is 14.5. The normalized spacial score (nSPS) is 11.0. The van der Waals surface area contributed by atoms with Crippen LogP contribution in [0, 0.1) is 0 Å². The quantitative estimate of drug-likeness (QED) is 0.449. The number of benzene rings is 1. The van der Waals surface area contributed by atoms with Crippen LogP contribution >= 0.6 is 34.3 Å². The SMILES string of the molecule is COc1cccc(-c2nc(/C=C/C(=O)c3ccc(Cl)s3)cs2)c1. The van der Waals surface area contributed by atoms with E-state index >= 15 is 0 Å². The minimum absolute atomic E-state index is 0.0715. The van der Waals surface area contributed by atoms with Gasteiger partial charge in [-0.25, -0.2) is 4.98 Å². The Morgan fingerprint density at radius 3 is 2.91 bits per heavy atom. The molecule has 116 valence electrons. The molecule has 1 aromatic carbocycles. The maximum atomic E-state index is 12.0. The minimum Gasteiger partial charge on any atom is -0.497 e. The summed E-state index contributed by atoms with van der Waals surface area (Å²) in [5.74, 6) is 0.720. The second kappa shape index (κ2) is 7.08. The summed E-state index contributed by atoms with van der Waals surface area (Å²) in [6.45, 7) is 0. The van der Waals surface area contributed by atoms with E-state index in [1.807, 2.05) is 29.6 Å². The third-order valence-electron chi connectivity index (χ3n) is 3.06. The molecule has 0 unspecified atom stereocenters. The summed E-state index contributed by atoms with van der Waals surface area (Å²) >= 11 is 8.63. The van der Waals surface area contributed by atoms with Crippen molar-refractivity contribution < 1.29 is 9.53 Å². The van der Waals surface area contributed by atoms with E-state index in [0.29, 0.717) is 9.21 Å². The highest BCUT2D eigenvalue weighted by Gasteiger charge is 2.07. The van der Waals surface area contributed by atoms with Crippen molar-refractivity contribution in [3.05, 3.63) is 62.8 Å². The molecule has 0 saturated heterocycles. The number of allylic oxidation sites excluding steroid dienone is 1. The van der Waals surface area contributed by atoms with Crippen LogP contribution < -0.4 is 4.74 Å². The first kappa shape index (κ1) is 15.9. The maximum absolute atomic E-state index is 12.0. The standard InChI is InChI=1S/C17H12ClNO2S2/c1-21-13-4-2-3-11(9-13)17-19-12(10-22-17)5-6-14(20)15-7-8-16(18)23-15/h2-10H,1H3/b6-5+. The molecule has 3 nitrogen and oxygen atoms in total. The molecule has 2 aromatic heterocycles. The van der Waals surface area contributed by atoms with Gasteiger partial charge < -0.3 is 4.74 Å². The molecule has 6 heteroatoms. The number of hydrogen-bond donors (Lipinski definition) is 0. The smallest absolute Gasteiger partial charge is 0.195 e. The molecule has 0 fully saturated rings. The lowest BCUT2D eigenvalue weighted by atomic mass is 10.2. The van der Waals surface area contributed by atoms with Crippen molar-refractivity contribution in [1.29, 1.82) is 0 Å². The number of thiophene rings is 1. The van der Waals surface area contributed by atoms with Crippen LogP contribution in [0.1, 0.15) is 15.4 Å². The summed E-state index contributed by atoms with van der Waals surface area (Å²) in [4.78, 5) is 17.2. The highest BCUT2D eigenvalue weighted by molar-refractivity contribution is 7.18. The van der Waals surface area contributed by atoms with Gasteiger partial charge >= 0.3 is 0 Å². The Hall–Kier alpha value is -1.95. The van der Waals surface area contributed by atoms with Crippen LogP contribution in [0.25, 0.3) is 16.6 Å². The number of ether oxygens (including phenoxy) is 1. The molecule has 3 rings (SSSR count). The van der Waals surface area contributed by atoms with Crippen molar-refractivity contribution in [2.24, 2.45) is 0 Å². The van der Waals surface area contributed by atoms with Crippen LogP contribution in [0.2, 0.25) is 4.34 Å². The molecular weight excluding hydrogens is 350 g/mol. The molecule has 0 radical (unpaired) electrons. The molecular formula is C17H12ClNO2S2. The second-order valence-corrected chi connectivity index (χ2v) is 7.18. The van der Waals surface area contributed by atoms with Gasteiger partial charge in [0.1, 0.15) is 10.8 Å². The molecule has 23 heavy (non-hydrogen) atoms. The molecule has 0 spiro atoms. The number of hydrogen-bond acceptors (Lipinski definition) is 5. The van der Waals surface area contributed by atoms with Gasteiger partial charge in [0.2, 0.25) is 0 Å². The number of methoxy groups -OCH3 is 1. The first-order valence-electron chi connectivity index (χ1n) is 6.73. The molecule has 0 bridgehead atoms. The van der Waals surface area contributed by atoms with Crippen LogP contribution in [0.4, 0.5) is 0 Å². The van der Waals surface area contributed by atoms with Gasteiger partial charge in [0.15, 0.2) is 5.78 Å². The lowest BCUT2D eigenvalue weighted by Crippen LogP contribution is -1.88. The van der Waals surface area contributed by atoms with Gasteiger partial charge in [0.25, 0.3) is 0 Å². The molecule has 0 aliphatic heterocycles. The van der Waals surface area contributed by atoms with E-state index in [0.717, 1.165) is 22.0 Å². The van der Waals surface area contributed by atoms with Crippen molar-refractivity contribution in [2.45, 2.75) is 0 Å². The molecule has 0 N–H and O–H groups in total. The van der Waals surface area contributed by atoms with E-state index in [2.05, 4.69) is 4.98 Å². The van der Waals surface area contributed by atoms with E-state index < -0.39 is 0 Å². The second-order valence-electron chi connectivity index (χ2n) is 4.61. The third-order valence-corrected chi connectivity index (χ3v) is 5.22. The highest BCUT2D eigenvalue weighted by atomic mass is 35.5. The summed E-state index contributed by atoms with van der Waals surface area (Å²) in [5, 5.41) is 2.80. The van der Waals surface area contributed by atoms with Crippen LogP contribution in [-0.2, 0) is 0 Å². The largest absolute Gasteiger partial charge is 0.497 e. The minimum atomic E-state index is -0.0715. The van der Waals surface area contributed by atoms with E-state index in [-0.39, 0.29) is 5.78 Å². The Balaban J connectivity index is 1.76. The zero-order valence-electron chi connectivity index (χ0n) is 12.2. The fourth-order valence-corrected chi connectivity index (χ4v) is 3.69. The summed E-state index contributed by atoms with van der Waals surface area (Å²) in [5.41, 5.74) is 1.74. The number of thiazole rings is 1. The average molecular weight is 362 g/mol. The predicted molar refractivity (Wildman–Crippen MR) is 96.8 cm³/mol. The molecule has 0 atom stereocenters. The first-order valence-corrected chi connectivity index (χ1v) is 8.81. The average Bonchev–Trinajstić information content (AvgIpc) is 3.22. The number of carbonyl (C=O) groups is 1. The van der Waals surface area contributed by atoms with Gasteiger partial charge in [-0.15, -0.1) is 22.7 Å². The van der Waals surface area contributed by atoms with E-state index in [9.17, 15) is 4.79 Å². The van der Waals surface area contributed by atoms with Gasteiger partial charge in [-0.1, -0.05) is 23.7 Å². The van der Waals surface area contributed by atoms with Gasteiger partial charge in [-0.2, -0.15) is 0 Å². The summed E-state index contributed by atoms with van der Waals surface area (Å²) in [6, 6.07) is 11.2. The van der Waals surface area contributed by atoms with Crippen molar-refractivity contribution in [1.82, 2.24) is 4.98 Å². The topological polar surface area (TPSA) is 39.2 Å². The Bertz CT molecular complexity index is 867. The van der Waals surface area contributed by atoms with Gasteiger partial charge in [-0.05, 0) is 36.4 Å². The Kier molecular flexibility index (Phi) is 4.91. The fourth-order valence-electron chi connectivity index (χ4n) is 1.94. The first-order chi connectivity index (χ1) is 11.2. The Morgan fingerprint density at radius 1 is 1.30 bits per heavy atom. The van der Waals surface area contributed by atoms with Gasteiger partial charge in [-0.3, -0.25) is 4.79 Å². The number of nitrogens with zero attached hydrogens (tertiary/aromatic N) is 1. The number of ketones is 1. The van der Waals surface area contributed by atoms with E-state index in [4.69, 9.17) is 16.3 Å². The van der Waals surface area contributed by atoms with Crippen molar-refractivity contribution >= 4 is 46.1 Å². The van der Waals surface area contributed by atoms with Crippen LogP contribution in [0.3, 0.4) is 0 Å².